The molecule has 4 saturated carbocycles. The Labute approximate surface area is 115 Å². The highest BCUT2D eigenvalue weighted by Gasteiger charge is 2.72. The summed E-state index contributed by atoms with van der Waals surface area (Å²) in [5.74, 6) is 1.10. The molecule has 0 aliphatic heterocycles. The van der Waals surface area contributed by atoms with Gasteiger partial charge in [0.1, 0.15) is 11.6 Å². The number of rotatable bonds is 0. The molecule has 19 heavy (non-hydrogen) atoms. The summed E-state index contributed by atoms with van der Waals surface area (Å²) >= 11 is 0. The van der Waals surface area contributed by atoms with Gasteiger partial charge in [-0.15, -0.1) is 0 Å². The maximum Gasteiger partial charge on any atom is 0.143 e. The number of hydrogen-bond acceptors (Lipinski definition) is 2. The molecule has 4 atom stereocenters. The van der Waals surface area contributed by atoms with E-state index in [-0.39, 0.29) is 22.7 Å². The summed E-state index contributed by atoms with van der Waals surface area (Å²) in [5, 5.41) is 0. The fourth-order valence-electron chi connectivity index (χ4n) is 6.04. The van der Waals surface area contributed by atoms with E-state index in [9.17, 15) is 9.59 Å². The molecule has 0 saturated heterocycles. The first kappa shape index (κ1) is 12.1. The molecule has 4 fully saturated rings. The van der Waals surface area contributed by atoms with Crippen LogP contribution in [0.15, 0.2) is 0 Å². The Morgan fingerprint density at radius 3 is 2.42 bits per heavy atom. The lowest BCUT2D eigenvalue weighted by Crippen LogP contribution is -2.43. The molecule has 0 aromatic carbocycles. The number of carbonyl (C=O) groups is 2. The van der Waals surface area contributed by atoms with Crippen LogP contribution in [0.25, 0.3) is 0 Å². The number of ketones is 2. The Bertz CT molecular complexity index is 476. The van der Waals surface area contributed by atoms with Gasteiger partial charge in [0.15, 0.2) is 0 Å². The van der Waals surface area contributed by atoms with E-state index < -0.39 is 0 Å². The lowest BCUT2D eigenvalue weighted by atomic mass is 9.63. The van der Waals surface area contributed by atoms with E-state index in [1.165, 1.54) is 25.7 Å². The van der Waals surface area contributed by atoms with Crippen LogP contribution in [-0.2, 0) is 9.59 Å². The molecule has 0 heterocycles. The van der Waals surface area contributed by atoms with Crippen molar-refractivity contribution in [3.05, 3.63) is 0 Å². The molecule has 0 aromatic rings. The zero-order valence-electron chi connectivity index (χ0n) is 12.1. The summed E-state index contributed by atoms with van der Waals surface area (Å²) < 4.78 is 0. The minimum atomic E-state index is -0.273. The van der Waals surface area contributed by atoms with Crippen LogP contribution >= 0.6 is 0 Å². The fourth-order valence-corrected chi connectivity index (χ4v) is 6.04. The highest BCUT2D eigenvalue weighted by atomic mass is 16.1. The quantitative estimate of drug-likeness (QED) is 0.667. The highest BCUT2D eigenvalue weighted by molar-refractivity contribution is 5.97. The van der Waals surface area contributed by atoms with Crippen LogP contribution in [0.3, 0.4) is 0 Å². The SMILES string of the molecule is CC1C(=O)CCC[C@@]12C[C@]1(C)CCC3(CC3)[C@@H]1C2=O. The largest absolute Gasteiger partial charge is 0.299 e. The average Bonchev–Trinajstić information content (AvgIpc) is 3.02. The summed E-state index contributed by atoms with van der Waals surface area (Å²) in [5.41, 5.74) is 0.305. The molecule has 0 bridgehead atoms. The first-order chi connectivity index (χ1) is 8.94. The molecule has 4 aliphatic rings. The van der Waals surface area contributed by atoms with E-state index in [1.807, 2.05) is 6.92 Å². The molecule has 4 rings (SSSR count). The molecule has 0 N–H and O–H groups in total. The summed E-state index contributed by atoms with van der Waals surface area (Å²) in [6.45, 7) is 4.37. The van der Waals surface area contributed by atoms with E-state index in [4.69, 9.17) is 0 Å². The predicted molar refractivity (Wildman–Crippen MR) is 72.6 cm³/mol. The average molecular weight is 260 g/mol. The van der Waals surface area contributed by atoms with Crippen LogP contribution in [0.5, 0.6) is 0 Å². The fraction of sp³-hybridized carbons (Fsp3) is 0.882. The Hall–Kier alpha value is -0.660. The maximum absolute atomic E-state index is 13.2. The van der Waals surface area contributed by atoms with E-state index in [0.29, 0.717) is 23.4 Å². The van der Waals surface area contributed by atoms with Crippen LogP contribution in [-0.4, -0.2) is 11.6 Å². The van der Waals surface area contributed by atoms with Gasteiger partial charge in [-0.25, -0.2) is 0 Å². The van der Waals surface area contributed by atoms with Gasteiger partial charge in [-0.2, -0.15) is 0 Å². The maximum atomic E-state index is 13.2. The van der Waals surface area contributed by atoms with E-state index >= 15 is 0 Å². The monoisotopic (exact) mass is 260 g/mol. The second-order valence-corrected chi connectivity index (χ2v) is 8.19. The van der Waals surface area contributed by atoms with E-state index in [0.717, 1.165) is 19.3 Å². The molecular weight excluding hydrogens is 236 g/mol. The summed E-state index contributed by atoms with van der Waals surface area (Å²) in [4.78, 5) is 25.4. The van der Waals surface area contributed by atoms with Crippen molar-refractivity contribution in [3.63, 3.8) is 0 Å². The molecule has 2 heteroatoms. The van der Waals surface area contributed by atoms with Gasteiger partial charge in [-0.1, -0.05) is 13.8 Å². The number of hydrogen-bond donors (Lipinski definition) is 0. The Morgan fingerprint density at radius 2 is 1.74 bits per heavy atom. The molecular formula is C17H24O2. The van der Waals surface area contributed by atoms with Crippen molar-refractivity contribution in [2.24, 2.45) is 28.1 Å². The predicted octanol–water partition coefficient (Wildman–Crippen LogP) is 3.53. The van der Waals surface area contributed by atoms with Gasteiger partial charge in [0.05, 0.1) is 0 Å². The highest BCUT2D eigenvalue weighted by Crippen LogP contribution is 2.75. The molecule has 104 valence electrons. The molecule has 0 aromatic heterocycles. The topological polar surface area (TPSA) is 34.1 Å². The first-order valence-electron chi connectivity index (χ1n) is 8.01. The first-order valence-corrected chi connectivity index (χ1v) is 8.01. The third-order valence-electron chi connectivity index (χ3n) is 7.23. The molecule has 4 aliphatic carbocycles. The summed E-state index contributed by atoms with van der Waals surface area (Å²) in [7, 11) is 0. The van der Waals surface area contributed by atoms with Crippen molar-refractivity contribution < 1.29 is 9.59 Å². The minimum Gasteiger partial charge on any atom is -0.299 e. The zero-order chi connectivity index (χ0) is 13.5. The molecule has 1 unspecified atom stereocenters. The Balaban J connectivity index is 1.77. The van der Waals surface area contributed by atoms with Crippen molar-refractivity contribution in [1.82, 2.24) is 0 Å². The number of fused-ring (bicyclic) bond motifs is 2. The molecule has 2 nitrogen and oxygen atoms in total. The molecule has 0 radical (unpaired) electrons. The summed E-state index contributed by atoms with van der Waals surface area (Å²) in [6.07, 6.45) is 8.60. The van der Waals surface area contributed by atoms with Crippen LogP contribution in [0, 0.1) is 28.1 Å². The standard InChI is InChI=1S/C17H24O2/c1-11-12(18)4-3-5-17(11)10-15(2)6-7-16(8-9-16)13(15)14(17)19/h11,13H,3-10H2,1-2H3/t11?,13-,15+,17-/m1/s1. The van der Waals surface area contributed by atoms with Crippen LogP contribution in [0.2, 0.25) is 0 Å². The lowest BCUT2D eigenvalue weighted by molar-refractivity contribution is -0.142. The van der Waals surface area contributed by atoms with E-state index in [2.05, 4.69) is 6.92 Å². The van der Waals surface area contributed by atoms with Crippen molar-refractivity contribution in [2.45, 2.75) is 65.2 Å². The third kappa shape index (κ3) is 1.29. The lowest BCUT2D eigenvalue weighted by Gasteiger charge is -2.38. The number of Topliss-reactive ketones (excluding diaryl/α,β-unsaturated/α-hetero) is 2. The van der Waals surface area contributed by atoms with Crippen LogP contribution in [0.1, 0.15) is 65.2 Å². The van der Waals surface area contributed by atoms with Crippen molar-refractivity contribution in [1.29, 1.82) is 0 Å². The number of carbonyl (C=O) groups excluding carboxylic acids is 2. The van der Waals surface area contributed by atoms with Crippen molar-refractivity contribution in [3.8, 4) is 0 Å². The second kappa shape index (κ2) is 3.32. The van der Waals surface area contributed by atoms with Gasteiger partial charge in [0.2, 0.25) is 0 Å². The third-order valence-corrected chi connectivity index (χ3v) is 7.23. The van der Waals surface area contributed by atoms with Gasteiger partial charge in [0, 0.05) is 23.7 Å². The smallest absolute Gasteiger partial charge is 0.143 e. The molecule has 2 spiro atoms. The van der Waals surface area contributed by atoms with Gasteiger partial charge in [-0.3, -0.25) is 9.59 Å². The minimum absolute atomic E-state index is 0.0213. The van der Waals surface area contributed by atoms with Crippen molar-refractivity contribution >= 4 is 11.6 Å². The van der Waals surface area contributed by atoms with Crippen molar-refractivity contribution in [2.75, 3.05) is 0 Å². The summed E-state index contributed by atoms with van der Waals surface area (Å²) in [6, 6.07) is 0. The normalized spacial score (nSPS) is 51.1. The van der Waals surface area contributed by atoms with Gasteiger partial charge in [0.25, 0.3) is 0 Å². The van der Waals surface area contributed by atoms with Gasteiger partial charge in [-0.05, 0) is 55.8 Å². The molecule has 0 amide bonds. The van der Waals surface area contributed by atoms with Crippen LogP contribution < -0.4 is 0 Å². The van der Waals surface area contributed by atoms with Gasteiger partial charge < -0.3 is 0 Å². The van der Waals surface area contributed by atoms with Gasteiger partial charge >= 0.3 is 0 Å². The second-order valence-electron chi connectivity index (χ2n) is 8.19. The Kier molecular flexibility index (Phi) is 2.12. The zero-order valence-corrected chi connectivity index (χ0v) is 12.1. The Morgan fingerprint density at radius 1 is 1.05 bits per heavy atom. The van der Waals surface area contributed by atoms with E-state index in [1.54, 1.807) is 0 Å². The van der Waals surface area contributed by atoms with Crippen LogP contribution in [0.4, 0.5) is 0 Å².